The first-order valence-electron chi connectivity index (χ1n) is 3.52. The summed E-state index contributed by atoms with van der Waals surface area (Å²) in [6.07, 6.45) is 0. The van der Waals surface area contributed by atoms with Crippen molar-refractivity contribution >= 4 is 20.4 Å². The van der Waals surface area contributed by atoms with Gasteiger partial charge in [0.1, 0.15) is 5.82 Å². The highest BCUT2D eigenvalue weighted by molar-refractivity contribution is 7.54. The third-order valence-corrected chi connectivity index (χ3v) is 2.52. The van der Waals surface area contributed by atoms with Gasteiger partial charge in [0.2, 0.25) is 0 Å². The van der Waals surface area contributed by atoms with Gasteiger partial charge in [0.25, 0.3) is 0 Å². The van der Waals surface area contributed by atoms with E-state index in [-0.39, 0.29) is 5.82 Å². The number of halogens is 1. The van der Waals surface area contributed by atoms with Crippen LogP contribution in [0.15, 0.2) is 24.3 Å². The molecule has 1 aromatic carbocycles. The van der Waals surface area contributed by atoms with Crippen molar-refractivity contribution in [1.82, 2.24) is 0 Å². The first-order chi connectivity index (χ1) is 6.07. The van der Waals surface area contributed by atoms with Gasteiger partial charge in [-0.3, -0.25) is 0 Å². The first kappa shape index (κ1) is 8.90. The minimum absolute atomic E-state index is 0.379. The zero-order valence-corrected chi connectivity index (χ0v) is 7.28. The molecule has 0 spiro atoms. The number of hydrogen-bond acceptors (Lipinski definition) is 3. The molecule has 0 saturated carbocycles. The van der Waals surface area contributed by atoms with E-state index in [1.165, 1.54) is 24.3 Å². The lowest BCUT2D eigenvalue weighted by atomic mass is 9.80. The maximum atomic E-state index is 12.4. The Bertz CT molecular complexity index is 357. The van der Waals surface area contributed by atoms with Crippen molar-refractivity contribution in [3.63, 3.8) is 0 Å². The molecule has 1 heterocycles. The average Bonchev–Trinajstić information content (AvgIpc) is 2.01. The lowest BCUT2D eigenvalue weighted by molar-refractivity contribution is 0.211. The van der Waals surface area contributed by atoms with Crippen LogP contribution in [0, 0.1) is 5.82 Å². The van der Waals surface area contributed by atoms with Gasteiger partial charge in [-0.15, -0.1) is 0 Å². The molecule has 1 aromatic rings. The number of hydrogen-bond donors (Lipinski definition) is 1. The van der Waals surface area contributed by atoms with Crippen LogP contribution in [0.4, 0.5) is 4.39 Å². The molecule has 0 radical (unpaired) electrons. The van der Waals surface area contributed by atoms with Crippen molar-refractivity contribution in [1.29, 1.82) is 0 Å². The molecular weight excluding hydrogens is 197 g/mol. The van der Waals surface area contributed by atoms with E-state index in [2.05, 4.69) is 8.88 Å². The molecule has 1 aliphatic rings. The third-order valence-electron chi connectivity index (χ3n) is 1.60. The van der Waals surface area contributed by atoms with Crippen molar-refractivity contribution in [3.8, 4) is 0 Å². The van der Waals surface area contributed by atoms with E-state index >= 15 is 0 Å². The standard InChI is InChI=1S/C6H5BFO4P/c8-6-3-1-5(2-4-6)7-11-13(9,10)12-7/h1-4H,(H,9,10). The van der Waals surface area contributed by atoms with Crippen LogP contribution in [-0.4, -0.2) is 12.0 Å². The van der Waals surface area contributed by atoms with Gasteiger partial charge in [0.05, 0.1) is 0 Å². The van der Waals surface area contributed by atoms with E-state index < -0.39 is 14.9 Å². The molecule has 0 amide bonds. The summed E-state index contributed by atoms with van der Waals surface area (Å²) in [5.41, 5.74) is 0.516. The SMILES string of the molecule is O=P1(O)OB(c2ccc(F)cc2)O1. The Morgan fingerprint density at radius 2 is 1.85 bits per heavy atom. The molecule has 1 fully saturated rings. The highest BCUT2D eigenvalue weighted by atomic mass is 31.2. The van der Waals surface area contributed by atoms with Gasteiger partial charge in [0.15, 0.2) is 0 Å². The summed E-state index contributed by atoms with van der Waals surface area (Å²) >= 11 is 0. The predicted molar refractivity (Wildman–Crippen MR) is 43.8 cm³/mol. The molecule has 4 nitrogen and oxygen atoms in total. The largest absolute Gasteiger partial charge is 0.510 e. The van der Waals surface area contributed by atoms with Crippen LogP contribution in [-0.2, 0) is 13.4 Å². The fourth-order valence-electron chi connectivity index (χ4n) is 0.991. The minimum Gasteiger partial charge on any atom is -0.314 e. The second-order valence-corrected chi connectivity index (χ2v) is 3.92. The summed E-state index contributed by atoms with van der Waals surface area (Å²) in [5.74, 6) is -0.379. The van der Waals surface area contributed by atoms with Crippen molar-refractivity contribution in [2.75, 3.05) is 0 Å². The number of benzene rings is 1. The van der Waals surface area contributed by atoms with Crippen LogP contribution in [0.5, 0.6) is 0 Å². The summed E-state index contributed by atoms with van der Waals surface area (Å²) in [6.45, 7) is 0. The summed E-state index contributed by atoms with van der Waals surface area (Å²) in [7, 11) is -4.64. The topological polar surface area (TPSA) is 55.8 Å². The highest BCUT2D eigenvalue weighted by Gasteiger charge is 2.47. The van der Waals surface area contributed by atoms with E-state index in [0.717, 1.165) is 0 Å². The molecule has 0 aromatic heterocycles. The zero-order valence-electron chi connectivity index (χ0n) is 6.38. The van der Waals surface area contributed by atoms with Gasteiger partial charge >= 0.3 is 14.9 Å². The molecule has 0 bridgehead atoms. The molecular formula is C6H5BFO4P. The Hall–Kier alpha value is -0.675. The smallest absolute Gasteiger partial charge is 0.314 e. The second-order valence-electron chi connectivity index (χ2n) is 2.56. The van der Waals surface area contributed by atoms with Crippen LogP contribution in [0.25, 0.3) is 0 Å². The average molecular weight is 202 g/mol. The fraction of sp³-hybridized carbons (Fsp3) is 0. The maximum absolute atomic E-state index is 12.4. The minimum atomic E-state index is -3.79. The van der Waals surface area contributed by atoms with Crippen molar-refractivity contribution in [2.24, 2.45) is 0 Å². The van der Waals surface area contributed by atoms with Crippen LogP contribution < -0.4 is 5.46 Å². The summed E-state index contributed by atoms with van der Waals surface area (Å²) in [5, 5.41) is 0. The third kappa shape index (κ3) is 1.81. The van der Waals surface area contributed by atoms with Gasteiger partial charge in [-0.05, 0) is 17.6 Å². The van der Waals surface area contributed by atoms with Crippen molar-refractivity contribution in [2.45, 2.75) is 0 Å². The first-order valence-corrected chi connectivity index (χ1v) is 5.01. The van der Waals surface area contributed by atoms with Gasteiger partial charge < -0.3 is 13.8 Å². The van der Waals surface area contributed by atoms with E-state index in [9.17, 15) is 8.96 Å². The number of rotatable bonds is 1. The van der Waals surface area contributed by atoms with E-state index in [1.807, 2.05) is 0 Å². The summed E-state index contributed by atoms with van der Waals surface area (Å²) < 4.78 is 32.0. The van der Waals surface area contributed by atoms with E-state index in [0.29, 0.717) is 5.46 Å². The molecule has 7 heteroatoms. The Labute approximate surface area is 74.1 Å². The fourth-order valence-corrected chi connectivity index (χ4v) is 1.73. The molecule has 1 aliphatic heterocycles. The van der Waals surface area contributed by atoms with Gasteiger partial charge in [-0.2, -0.15) is 0 Å². The quantitative estimate of drug-likeness (QED) is 0.536. The Morgan fingerprint density at radius 3 is 2.31 bits per heavy atom. The van der Waals surface area contributed by atoms with E-state index in [1.54, 1.807) is 0 Å². The van der Waals surface area contributed by atoms with Crippen molar-refractivity contribution < 1.29 is 22.7 Å². The Morgan fingerprint density at radius 1 is 1.31 bits per heavy atom. The van der Waals surface area contributed by atoms with Crippen LogP contribution >= 0.6 is 7.82 Å². The molecule has 68 valence electrons. The molecule has 0 aliphatic carbocycles. The van der Waals surface area contributed by atoms with Crippen molar-refractivity contribution in [3.05, 3.63) is 30.1 Å². The molecule has 13 heavy (non-hydrogen) atoms. The maximum Gasteiger partial charge on any atom is 0.510 e. The lowest BCUT2D eigenvalue weighted by Gasteiger charge is -2.27. The monoisotopic (exact) mass is 202 g/mol. The predicted octanol–water partition coefficient (Wildman–Crippen LogP) is 0.668. The normalized spacial score (nSPS) is 19.7. The summed E-state index contributed by atoms with van der Waals surface area (Å²) in [6, 6.07) is 5.31. The van der Waals surface area contributed by atoms with Crippen LogP contribution in [0.1, 0.15) is 0 Å². The van der Waals surface area contributed by atoms with Crippen LogP contribution in [0.3, 0.4) is 0 Å². The zero-order chi connectivity index (χ0) is 9.47. The summed E-state index contributed by atoms with van der Waals surface area (Å²) in [4.78, 5) is 8.64. The number of phosphoric acid groups is 1. The van der Waals surface area contributed by atoms with Crippen LogP contribution in [0.2, 0.25) is 0 Å². The van der Waals surface area contributed by atoms with Gasteiger partial charge in [0, 0.05) is 0 Å². The molecule has 0 unspecified atom stereocenters. The molecule has 0 atom stereocenters. The second kappa shape index (κ2) is 2.92. The highest BCUT2D eigenvalue weighted by Crippen LogP contribution is 2.53. The molecule has 1 saturated heterocycles. The Kier molecular flexibility index (Phi) is 2.00. The molecule has 1 N–H and O–H groups in total. The molecule has 2 rings (SSSR count). The van der Waals surface area contributed by atoms with Gasteiger partial charge in [-0.1, -0.05) is 12.1 Å². The lowest BCUT2D eigenvalue weighted by Crippen LogP contribution is -2.42. The van der Waals surface area contributed by atoms with Gasteiger partial charge in [-0.25, -0.2) is 8.96 Å². The van der Waals surface area contributed by atoms with E-state index in [4.69, 9.17) is 4.89 Å². The Balaban J connectivity index is 2.12.